The topological polar surface area (TPSA) is 76.7 Å². The standard InChI is InChI=1S/C13H19N5O/c1-4-6-15-10(3)9(2)13-17-12(18-19-13)11-5-7-14-8-16-11/h5,7-10,15H,4,6H2,1-3H3. The van der Waals surface area contributed by atoms with Crippen LogP contribution in [0.3, 0.4) is 0 Å². The summed E-state index contributed by atoms with van der Waals surface area (Å²) in [4.78, 5) is 12.4. The van der Waals surface area contributed by atoms with Crippen LogP contribution in [-0.4, -0.2) is 32.7 Å². The molecule has 6 heteroatoms. The van der Waals surface area contributed by atoms with Crippen molar-refractivity contribution in [2.45, 2.75) is 39.2 Å². The number of hydrogen-bond donors (Lipinski definition) is 1. The van der Waals surface area contributed by atoms with Gasteiger partial charge in [0.05, 0.1) is 5.92 Å². The molecule has 0 aliphatic heterocycles. The second kappa shape index (κ2) is 6.38. The van der Waals surface area contributed by atoms with Gasteiger partial charge in [-0.05, 0) is 26.0 Å². The van der Waals surface area contributed by atoms with Gasteiger partial charge in [0, 0.05) is 12.2 Å². The fraction of sp³-hybridized carbons (Fsp3) is 0.538. The minimum atomic E-state index is 0.162. The van der Waals surface area contributed by atoms with Gasteiger partial charge in [0.2, 0.25) is 11.7 Å². The van der Waals surface area contributed by atoms with E-state index in [-0.39, 0.29) is 5.92 Å². The first kappa shape index (κ1) is 13.6. The third kappa shape index (κ3) is 3.35. The number of hydrogen-bond acceptors (Lipinski definition) is 6. The first-order chi connectivity index (χ1) is 9.22. The van der Waals surface area contributed by atoms with E-state index >= 15 is 0 Å². The van der Waals surface area contributed by atoms with Crippen molar-refractivity contribution >= 4 is 0 Å². The van der Waals surface area contributed by atoms with Crippen molar-refractivity contribution < 1.29 is 4.52 Å². The lowest BCUT2D eigenvalue weighted by Gasteiger charge is -2.17. The van der Waals surface area contributed by atoms with E-state index < -0.39 is 0 Å². The predicted molar refractivity (Wildman–Crippen MR) is 71.5 cm³/mol. The second-order valence-electron chi connectivity index (χ2n) is 4.58. The van der Waals surface area contributed by atoms with Crippen molar-refractivity contribution in [3.63, 3.8) is 0 Å². The van der Waals surface area contributed by atoms with Crippen LogP contribution in [0.2, 0.25) is 0 Å². The van der Waals surface area contributed by atoms with Crippen molar-refractivity contribution in [1.29, 1.82) is 0 Å². The highest BCUT2D eigenvalue weighted by Crippen LogP contribution is 2.20. The molecular weight excluding hydrogens is 242 g/mol. The zero-order valence-electron chi connectivity index (χ0n) is 11.5. The summed E-state index contributed by atoms with van der Waals surface area (Å²) in [6, 6.07) is 2.05. The molecular formula is C13H19N5O. The molecule has 2 aromatic rings. The van der Waals surface area contributed by atoms with Crippen molar-refractivity contribution in [2.75, 3.05) is 6.54 Å². The molecule has 0 aliphatic carbocycles. The summed E-state index contributed by atoms with van der Waals surface area (Å²) in [5.74, 6) is 1.30. The molecule has 0 aliphatic rings. The summed E-state index contributed by atoms with van der Waals surface area (Å²) in [6.07, 6.45) is 4.24. The first-order valence-corrected chi connectivity index (χ1v) is 6.55. The molecule has 2 heterocycles. The van der Waals surface area contributed by atoms with E-state index in [1.165, 1.54) is 6.33 Å². The average Bonchev–Trinajstić information content (AvgIpc) is 2.94. The van der Waals surface area contributed by atoms with Gasteiger partial charge in [0.25, 0.3) is 0 Å². The fourth-order valence-electron chi connectivity index (χ4n) is 1.71. The molecule has 6 nitrogen and oxygen atoms in total. The second-order valence-corrected chi connectivity index (χ2v) is 4.58. The zero-order chi connectivity index (χ0) is 13.7. The van der Waals surface area contributed by atoms with Gasteiger partial charge in [0.15, 0.2) is 0 Å². The number of aromatic nitrogens is 4. The lowest BCUT2D eigenvalue weighted by Crippen LogP contribution is -2.31. The lowest BCUT2D eigenvalue weighted by molar-refractivity contribution is 0.331. The smallest absolute Gasteiger partial charge is 0.231 e. The van der Waals surface area contributed by atoms with Crippen LogP contribution in [0.1, 0.15) is 39.0 Å². The highest BCUT2D eigenvalue weighted by Gasteiger charge is 2.20. The van der Waals surface area contributed by atoms with Gasteiger partial charge in [-0.3, -0.25) is 0 Å². The van der Waals surface area contributed by atoms with Crippen molar-refractivity contribution in [3.05, 3.63) is 24.5 Å². The molecule has 0 aromatic carbocycles. The summed E-state index contributed by atoms with van der Waals surface area (Å²) in [5, 5.41) is 7.39. The third-order valence-electron chi connectivity index (χ3n) is 3.11. The Balaban J connectivity index is 2.08. The Labute approximate surface area is 112 Å². The Hall–Kier alpha value is -1.82. The Morgan fingerprint density at radius 3 is 2.89 bits per heavy atom. The van der Waals surface area contributed by atoms with E-state index in [4.69, 9.17) is 4.52 Å². The Bertz CT molecular complexity index is 499. The summed E-state index contributed by atoms with van der Waals surface area (Å²) in [7, 11) is 0. The number of rotatable bonds is 6. The molecule has 102 valence electrons. The van der Waals surface area contributed by atoms with Gasteiger partial charge in [-0.25, -0.2) is 9.97 Å². The molecule has 0 saturated carbocycles. The van der Waals surface area contributed by atoms with Gasteiger partial charge in [0.1, 0.15) is 12.0 Å². The maximum absolute atomic E-state index is 5.32. The lowest BCUT2D eigenvalue weighted by atomic mass is 10.0. The van der Waals surface area contributed by atoms with Gasteiger partial charge >= 0.3 is 0 Å². The molecule has 2 aromatic heterocycles. The van der Waals surface area contributed by atoms with Crippen molar-refractivity contribution in [3.8, 4) is 11.5 Å². The molecule has 0 fully saturated rings. The molecule has 0 saturated heterocycles. The minimum absolute atomic E-state index is 0.162. The summed E-state index contributed by atoms with van der Waals surface area (Å²) in [6.45, 7) is 7.32. The maximum Gasteiger partial charge on any atom is 0.231 e. The zero-order valence-corrected chi connectivity index (χ0v) is 11.5. The van der Waals surface area contributed by atoms with Crippen LogP contribution in [0.4, 0.5) is 0 Å². The van der Waals surface area contributed by atoms with E-state index in [2.05, 4.69) is 46.2 Å². The monoisotopic (exact) mass is 261 g/mol. The molecule has 0 spiro atoms. The van der Waals surface area contributed by atoms with Crippen molar-refractivity contribution in [1.82, 2.24) is 25.4 Å². The van der Waals surface area contributed by atoms with E-state index in [9.17, 15) is 0 Å². The molecule has 1 N–H and O–H groups in total. The van der Waals surface area contributed by atoms with E-state index in [1.807, 2.05) is 0 Å². The molecule has 0 bridgehead atoms. The van der Waals surface area contributed by atoms with Crippen LogP contribution in [-0.2, 0) is 0 Å². The van der Waals surface area contributed by atoms with E-state index in [0.717, 1.165) is 13.0 Å². The van der Waals surface area contributed by atoms with Crippen LogP contribution in [0.25, 0.3) is 11.5 Å². The van der Waals surface area contributed by atoms with Gasteiger partial charge in [-0.15, -0.1) is 0 Å². The number of nitrogens with zero attached hydrogens (tertiary/aromatic N) is 4. The number of nitrogens with one attached hydrogen (secondary N) is 1. The minimum Gasteiger partial charge on any atom is -0.339 e. The van der Waals surface area contributed by atoms with Crippen LogP contribution in [0.5, 0.6) is 0 Å². The van der Waals surface area contributed by atoms with Crippen LogP contribution >= 0.6 is 0 Å². The third-order valence-corrected chi connectivity index (χ3v) is 3.11. The highest BCUT2D eigenvalue weighted by atomic mass is 16.5. The first-order valence-electron chi connectivity index (χ1n) is 6.55. The van der Waals surface area contributed by atoms with E-state index in [0.29, 0.717) is 23.5 Å². The molecule has 19 heavy (non-hydrogen) atoms. The van der Waals surface area contributed by atoms with Crippen molar-refractivity contribution in [2.24, 2.45) is 0 Å². The van der Waals surface area contributed by atoms with E-state index in [1.54, 1.807) is 12.3 Å². The fourth-order valence-corrected chi connectivity index (χ4v) is 1.71. The Morgan fingerprint density at radius 2 is 2.21 bits per heavy atom. The normalized spacial score (nSPS) is 14.3. The van der Waals surface area contributed by atoms with Gasteiger partial charge in [-0.1, -0.05) is 19.0 Å². The van der Waals surface area contributed by atoms with Crippen LogP contribution in [0, 0.1) is 0 Å². The van der Waals surface area contributed by atoms with Gasteiger partial charge < -0.3 is 9.84 Å². The largest absolute Gasteiger partial charge is 0.339 e. The summed E-state index contributed by atoms with van der Waals surface area (Å²) in [5.41, 5.74) is 0.673. The molecule has 2 atom stereocenters. The average molecular weight is 261 g/mol. The molecule has 2 unspecified atom stereocenters. The maximum atomic E-state index is 5.32. The molecule has 0 amide bonds. The SMILES string of the molecule is CCCNC(C)C(C)c1nc(-c2ccncn2)no1. The molecule has 2 rings (SSSR count). The predicted octanol–water partition coefficient (Wildman–Crippen LogP) is 2.02. The summed E-state index contributed by atoms with van der Waals surface area (Å²) < 4.78 is 5.32. The van der Waals surface area contributed by atoms with Gasteiger partial charge in [-0.2, -0.15) is 4.98 Å². The Kier molecular flexibility index (Phi) is 4.57. The van der Waals surface area contributed by atoms with Crippen LogP contribution < -0.4 is 5.32 Å². The molecule has 0 radical (unpaired) electrons. The van der Waals surface area contributed by atoms with Crippen LogP contribution in [0.15, 0.2) is 23.1 Å². The quantitative estimate of drug-likeness (QED) is 0.857. The summed E-state index contributed by atoms with van der Waals surface area (Å²) >= 11 is 0. The highest BCUT2D eigenvalue weighted by molar-refractivity contribution is 5.46. The Morgan fingerprint density at radius 1 is 1.37 bits per heavy atom.